The topological polar surface area (TPSA) is 49.3 Å². The molecule has 0 amide bonds. The minimum Gasteiger partial charge on any atom is -0.481 e. The van der Waals surface area contributed by atoms with Gasteiger partial charge in [-0.15, -0.1) is 0 Å². The summed E-state index contributed by atoms with van der Waals surface area (Å²) in [5.41, 5.74) is 2.53. The Kier molecular flexibility index (Phi) is 2.62. The van der Waals surface area contributed by atoms with Crippen molar-refractivity contribution in [1.29, 1.82) is 0 Å². The van der Waals surface area contributed by atoms with Crippen LogP contribution in [-0.4, -0.2) is 11.1 Å². The van der Waals surface area contributed by atoms with E-state index in [2.05, 4.69) is 29.6 Å². The van der Waals surface area contributed by atoms with Crippen LogP contribution in [0.2, 0.25) is 0 Å². The number of aliphatic carboxylic acids is 1. The predicted molar refractivity (Wildman–Crippen MR) is 69.9 cm³/mol. The van der Waals surface area contributed by atoms with Crippen LogP contribution in [0.4, 0.5) is 0 Å². The summed E-state index contributed by atoms with van der Waals surface area (Å²) < 4.78 is 0. The van der Waals surface area contributed by atoms with Gasteiger partial charge in [-0.1, -0.05) is 24.3 Å². The van der Waals surface area contributed by atoms with Crippen molar-refractivity contribution in [2.75, 3.05) is 0 Å². The molecule has 0 aromatic heterocycles. The van der Waals surface area contributed by atoms with Crippen molar-refractivity contribution in [2.24, 2.45) is 5.92 Å². The van der Waals surface area contributed by atoms with E-state index in [4.69, 9.17) is 5.11 Å². The van der Waals surface area contributed by atoms with Gasteiger partial charge in [0.25, 0.3) is 0 Å². The Morgan fingerprint density at radius 3 is 2.72 bits per heavy atom. The van der Waals surface area contributed by atoms with Crippen LogP contribution in [0.1, 0.15) is 36.8 Å². The van der Waals surface area contributed by atoms with Gasteiger partial charge in [-0.05, 0) is 49.1 Å². The van der Waals surface area contributed by atoms with Gasteiger partial charge in [-0.2, -0.15) is 0 Å². The van der Waals surface area contributed by atoms with Gasteiger partial charge in [-0.25, -0.2) is 0 Å². The smallest absolute Gasteiger partial charge is 0.306 e. The molecule has 1 aromatic carbocycles. The van der Waals surface area contributed by atoms with E-state index in [0.29, 0.717) is 0 Å². The summed E-state index contributed by atoms with van der Waals surface area (Å²) in [5, 5.41) is 12.6. The van der Waals surface area contributed by atoms with Crippen LogP contribution < -0.4 is 5.32 Å². The molecule has 1 fully saturated rings. The summed E-state index contributed by atoms with van der Waals surface area (Å²) in [7, 11) is 0. The zero-order valence-electron chi connectivity index (χ0n) is 10.2. The minimum atomic E-state index is -0.649. The third kappa shape index (κ3) is 1.70. The Morgan fingerprint density at radius 1 is 1.28 bits per heavy atom. The largest absolute Gasteiger partial charge is 0.481 e. The average Bonchev–Trinajstić information content (AvgIpc) is 2.40. The Morgan fingerprint density at radius 2 is 2.00 bits per heavy atom. The lowest BCUT2D eigenvalue weighted by Crippen LogP contribution is -2.45. The SMILES string of the molecule is O=C(O)C1CCC2(CC1)NC=Cc1ccccc12. The Bertz CT molecular complexity index is 499. The molecule has 0 saturated heterocycles. The van der Waals surface area contributed by atoms with Crippen molar-refractivity contribution < 1.29 is 9.90 Å². The molecule has 2 N–H and O–H groups in total. The second-order valence-electron chi connectivity index (χ2n) is 5.26. The van der Waals surface area contributed by atoms with Gasteiger partial charge < -0.3 is 10.4 Å². The molecule has 3 rings (SSSR count). The number of carboxylic acids is 1. The molecular formula is C15H17NO2. The van der Waals surface area contributed by atoms with Gasteiger partial charge in [0.05, 0.1) is 11.5 Å². The van der Waals surface area contributed by atoms with E-state index in [1.165, 1.54) is 11.1 Å². The van der Waals surface area contributed by atoms with Crippen molar-refractivity contribution in [3.8, 4) is 0 Å². The third-order valence-electron chi connectivity index (χ3n) is 4.29. The highest BCUT2D eigenvalue weighted by molar-refractivity contribution is 5.70. The lowest BCUT2D eigenvalue weighted by Gasteiger charge is -2.42. The first-order valence-electron chi connectivity index (χ1n) is 6.48. The quantitative estimate of drug-likeness (QED) is 0.797. The number of carbonyl (C=O) groups is 1. The lowest BCUT2D eigenvalue weighted by atomic mass is 9.70. The number of hydrogen-bond acceptors (Lipinski definition) is 2. The molecule has 0 atom stereocenters. The molecule has 3 nitrogen and oxygen atoms in total. The second kappa shape index (κ2) is 4.16. The van der Waals surface area contributed by atoms with Crippen LogP contribution in [-0.2, 0) is 10.3 Å². The summed E-state index contributed by atoms with van der Waals surface area (Å²) in [5.74, 6) is -0.819. The third-order valence-corrected chi connectivity index (χ3v) is 4.29. The molecule has 0 unspecified atom stereocenters. The molecular weight excluding hydrogens is 226 g/mol. The van der Waals surface area contributed by atoms with E-state index in [9.17, 15) is 4.79 Å². The molecule has 1 aromatic rings. The highest BCUT2D eigenvalue weighted by atomic mass is 16.4. The Hall–Kier alpha value is -1.77. The summed E-state index contributed by atoms with van der Waals surface area (Å²) in [4.78, 5) is 11.0. The summed E-state index contributed by atoms with van der Waals surface area (Å²) in [6, 6.07) is 8.39. The first-order chi connectivity index (χ1) is 8.71. The minimum absolute atomic E-state index is 0.0444. The van der Waals surface area contributed by atoms with E-state index in [1.54, 1.807) is 0 Å². The highest BCUT2D eigenvalue weighted by Crippen LogP contribution is 2.42. The van der Waals surface area contributed by atoms with Crippen LogP contribution in [0.25, 0.3) is 6.08 Å². The first-order valence-corrected chi connectivity index (χ1v) is 6.48. The zero-order valence-corrected chi connectivity index (χ0v) is 10.2. The monoisotopic (exact) mass is 243 g/mol. The van der Waals surface area contributed by atoms with Crippen molar-refractivity contribution in [3.63, 3.8) is 0 Å². The van der Waals surface area contributed by atoms with Crippen molar-refractivity contribution in [1.82, 2.24) is 5.32 Å². The molecule has 1 saturated carbocycles. The molecule has 1 spiro atoms. The van der Waals surface area contributed by atoms with Crippen molar-refractivity contribution >= 4 is 12.0 Å². The maximum atomic E-state index is 11.0. The van der Waals surface area contributed by atoms with E-state index in [1.807, 2.05) is 12.3 Å². The Labute approximate surface area is 107 Å². The standard InChI is InChI=1S/C15H17NO2/c17-14(18)12-5-8-15(9-6-12)13-4-2-1-3-11(13)7-10-16-15/h1-4,7,10,12,16H,5-6,8-9H2,(H,17,18). The van der Waals surface area contributed by atoms with Crippen LogP contribution in [0.3, 0.4) is 0 Å². The molecule has 1 aliphatic carbocycles. The van der Waals surface area contributed by atoms with Crippen LogP contribution in [0, 0.1) is 5.92 Å². The Balaban J connectivity index is 1.90. The van der Waals surface area contributed by atoms with E-state index in [0.717, 1.165) is 25.7 Å². The normalized spacial score (nSPS) is 29.7. The summed E-state index contributed by atoms with van der Waals surface area (Å²) in [6.07, 6.45) is 7.39. The van der Waals surface area contributed by atoms with Crippen molar-refractivity contribution in [3.05, 3.63) is 41.6 Å². The number of rotatable bonds is 1. The van der Waals surface area contributed by atoms with Gasteiger partial charge in [0.2, 0.25) is 0 Å². The van der Waals surface area contributed by atoms with Gasteiger partial charge in [0.15, 0.2) is 0 Å². The molecule has 0 radical (unpaired) electrons. The fourth-order valence-corrected chi connectivity index (χ4v) is 3.22. The number of fused-ring (bicyclic) bond motifs is 2. The van der Waals surface area contributed by atoms with Gasteiger partial charge in [-0.3, -0.25) is 4.79 Å². The summed E-state index contributed by atoms with van der Waals surface area (Å²) >= 11 is 0. The van der Waals surface area contributed by atoms with Gasteiger partial charge >= 0.3 is 5.97 Å². The number of nitrogens with one attached hydrogen (secondary N) is 1. The number of benzene rings is 1. The first kappa shape index (κ1) is 11.3. The molecule has 1 heterocycles. The fraction of sp³-hybridized carbons (Fsp3) is 0.400. The lowest BCUT2D eigenvalue weighted by molar-refractivity contribution is -0.143. The zero-order chi connectivity index (χ0) is 12.6. The number of carboxylic acid groups (broad SMARTS) is 1. The average molecular weight is 243 g/mol. The molecule has 1 aliphatic heterocycles. The van der Waals surface area contributed by atoms with E-state index in [-0.39, 0.29) is 11.5 Å². The van der Waals surface area contributed by atoms with E-state index >= 15 is 0 Å². The highest BCUT2D eigenvalue weighted by Gasteiger charge is 2.40. The molecule has 3 heteroatoms. The van der Waals surface area contributed by atoms with Gasteiger partial charge in [0, 0.05) is 0 Å². The molecule has 0 bridgehead atoms. The molecule has 94 valence electrons. The van der Waals surface area contributed by atoms with E-state index < -0.39 is 5.97 Å². The van der Waals surface area contributed by atoms with Gasteiger partial charge in [0.1, 0.15) is 0 Å². The van der Waals surface area contributed by atoms with Crippen molar-refractivity contribution in [2.45, 2.75) is 31.2 Å². The van der Waals surface area contributed by atoms with Crippen LogP contribution in [0.5, 0.6) is 0 Å². The van der Waals surface area contributed by atoms with Crippen LogP contribution in [0.15, 0.2) is 30.5 Å². The maximum absolute atomic E-state index is 11.0. The second-order valence-corrected chi connectivity index (χ2v) is 5.26. The molecule has 18 heavy (non-hydrogen) atoms. The summed E-state index contributed by atoms with van der Waals surface area (Å²) in [6.45, 7) is 0. The predicted octanol–water partition coefficient (Wildman–Crippen LogP) is 2.73. The molecule has 2 aliphatic rings. The number of hydrogen-bond donors (Lipinski definition) is 2. The fourth-order valence-electron chi connectivity index (χ4n) is 3.22. The van der Waals surface area contributed by atoms with Crippen LogP contribution >= 0.6 is 0 Å². The maximum Gasteiger partial charge on any atom is 0.306 e.